The molecule has 2 aliphatic rings. The molecule has 4 heteroatoms. The fraction of sp³-hybridized carbons (Fsp3) is 0.500. The molecule has 0 atom stereocenters. The maximum Gasteiger partial charge on any atom is 0.272 e. The van der Waals surface area contributed by atoms with E-state index in [1.54, 1.807) is 17.2 Å². The minimum Gasteiger partial charge on any atom is -0.333 e. The van der Waals surface area contributed by atoms with E-state index >= 15 is 0 Å². The van der Waals surface area contributed by atoms with Gasteiger partial charge in [-0.25, -0.2) is 0 Å². The third-order valence-corrected chi connectivity index (χ3v) is 3.53. The summed E-state index contributed by atoms with van der Waals surface area (Å²) in [5.41, 5.74) is 6.61. The lowest BCUT2D eigenvalue weighted by molar-refractivity contribution is 0.0345. The maximum absolute atomic E-state index is 12.0. The quantitative estimate of drug-likeness (QED) is 0.791. The first-order valence-corrected chi connectivity index (χ1v) is 5.68. The third kappa shape index (κ3) is 1.50. The summed E-state index contributed by atoms with van der Waals surface area (Å²) in [5.74, 6) is 0.641. The van der Waals surface area contributed by atoms with Crippen molar-refractivity contribution >= 4 is 5.91 Å². The average molecular weight is 217 g/mol. The highest BCUT2D eigenvalue weighted by Crippen LogP contribution is 2.43. The molecule has 84 valence electrons. The normalized spacial score (nSPS) is 22.7. The van der Waals surface area contributed by atoms with Crippen LogP contribution in [-0.4, -0.2) is 34.4 Å². The van der Waals surface area contributed by atoms with Crippen LogP contribution in [0.5, 0.6) is 0 Å². The fourth-order valence-electron chi connectivity index (χ4n) is 2.38. The first-order chi connectivity index (χ1) is 7.69. The number of hydrogen-bond donors (Lipinski definition) is 1. The zero-order chi connectivity index (χ0) is 11.2. The summed E-state index contributed by atoms with van der Waals surface area (Å²) in [6.45, 7) is 1.38. The Hall–Kier alpha value is -1.42. The number of likely N-dealkylation sites (tertiary alicyclic amines) is 1. The van der Waals surface area contributed by atoms with E-state index in [4.69, 9.17) is 5.73 Å². The molecule has 1 aliphatic heterocycles. The molecular formula is C12H15N3O. The Bertz CT molecular complexity index is 408. The number of aromatic nitrogens is 1. The van der Waals surface area contributed by atoms with Gasteiger partial charge in [0.15, 0.2) is 0 Å². The highest BCUT2D eigenvalue weighted by molar-refractivity contribution is 5.93. The molecule has 1 saturated heterocycles. The predicted octanol–water partition coefficient (Wildman–Crippen LogP) is 0.645. The van der Waals surface area contributed by atoms with Crippen LogP contribution >= 0.6 is 0 Å². The second kappa shape index (κ2) is 3.28. The molecule has 1 aliphatic carbocycles. The Kier molecular flexibility index (Phi) is 2.01. The maximum atomic E-state index is 12.0. The van der Waals surface area contributed by atoms with Gasteiger partial charge < -0.3 is 10.6 Å². The van der Waals surface area contributed by atoms with Crippen LogP contribution in [0.15, 0.2) is 24.4 Å². The van der Waals surface area contributed by atoms with Crippen molar-refractivity contribution in [3.05, 3.63) is 30.1 Å². The van der Waals surface area contributed by atoms with Crippen molar-refractivity contribution in [1.82, 2.24) is 9.88 Å². The zero-order valence-electron chi connectivity index (χ0n) is 9.10. The van der Waals surface area contributed by atoms with Crippen LogP contribution in [-0.2, 0) is 0 Å². The summed E-state index contributed by atoms with van der Waals surface area (Å²) >= 11 is 0. The van der Waals surface area contributed by atoms with E-state index in [1.807, 2.05) is 12.1 Å². The number of hydrogen-bond acceptors (Lipinski definition) is 3. The molecule has 0 bridgehead atoms. The van der Waals surface area contributed by atoms with Crippen LogP contribution in [0.1, 0.15) is 23.3 Å². The molecule has 1 aromatic rings. The summed E-state index contributed by atoms with van der Waals surface area (Å²) in [6.07, 6.45) is 4.09. The van der Waals surface area contributed by atoms with Crippen LogP contribution in [0.25, 0.3) is 0 Å². The van der Waals surface area contributed by atoms with E-state index < -0.39 is 0 Å². The molecule has 0 spiro atoms. The van der Waals surface area contributed by atoms with Crippen molar-refractivity contribution in [3.63, 3.8) is 0 Å². The second-order valence-corrected chi connectivity index (χ2v) is 4.88. The van der Waals surface area contributed by atoms with E-state index in [9.17, 15) is 4.79 Å². The molecule has 1 amide bonds. The molecule has 1 saturated carbocycles. The van der Waals surface area contributed by atoms with Crippen molar-refractivity contribution in [2.45, 2.75) is 18.4 Å². The van der Waals surface area contributed by atoms with Crippen LogP contribution < -0.4 is 5.73 Å². The molecular weight excluding hydrogens is 202 g/mol. The molecule has 2 N–H and O–H groups in total. The summed E-state index contributed by atoms with van der Waals surface area (Å²) < 4.78 is 0. The predicted molar refractivity (Wildman–Crippen MR) is 59.8 cm³/mol. The molecule has 4 nitrogen and oxygen atoms in total. The number of amides is 1. The Morgan fingerprint density at radius 2 is 2.19 bits per heavy atom. The monoisotopic (exact) mass is 217 g/mol. The van der Waals surface area contributed by atoms with Gasteiger partial charge in [-0.1, -0.05) is 6.07 Å². The first kappa shape index (κ1) is 9.78. The van der Waals surface area contributed by atoms with Crippen molar-refractivity contribution in [2.24, 2.45) is 11.7 Å². The fourth-order valence-corrected chi connectivity index (χ4v) is 2.38. The molecule has 2 heterocycles. The lowest BCUT2D eigenvalue weighted by atomic mass is 9.85. The highest BCUT2D eigenvalue weighted by Gasteiger charge is 2.51. The van der Waals surface area contributed by atoms with Gasteiger partial charge in [0, 0.05) is 19.3 Å². The Labute approximate surface area is 94.5 Å². The van der Waals surface area contributed by atoms with E-state index in [-0.39, 0.29) is 11.4 Å². The highest BCUT2D eigenvalue weighted by atomic mass is 16.2. The van der Waals surface area contributed by atoms with Gasteiger partial charge in [0.2, 0.25) is 0 Å². The van der Waals surface area contributed by atoms with Crippen molar-refractivity contribution in [2.75, 3.05) is 13.1 Å². The van der Waals surface area contributed by atoms with Gasteiger partial charge in [0.25, 0.3) is 5.91 Å². The molecule has 2 fully saturated rings. The van der Waals surface area contributed by atoms with Crippen LogP contribution in [0, 0.1) is 5.92 Å². The van der Waals surface area contributed by atoms with E-state index in [0.717, 1.165) is 0 Å². The SMILES string of the molecule is NC1(C2CC2)CN(C(=O)c2ccccn2)C1. The van der Waals surface area contributed by atoms with Crippen LogP contribution in [0.3, 0.4) is 0 Å². The van der Waals surface area contributed by atoms with Gasteiger partial charge >= 0.3 is 0 Å². The largest absolute Gasteiger partial charge is 0.333 e. The Balaban J connectivity index is 1.66. The summed E-state index contributed by atoms with van der Waals surface area (Å²) in [4.78, 5) is 17.8. The van der Waals surface area contributed by atoms with Gasteiger partial charge in [-0.3, -0.25) is 9.78 Å². The summed E-state index contributed by atoms with van der Waals surface area (Å²) in [5, 5.41) is 0. The molecule has 0 aromatic carbocycles. The average Bonchev–Trinajstić information content (AvgIpc) is 3.09. The molecule has 0 unspecified atom stereocenters. The summed E-state index contributed by atoms with van der Waals surface area (Å²) in [6, 6.07) is 5.39. The number of carbonyl (C=O) groups is 1. The van der Waals surface area contributed by atoms with Crippen LogP contribution in [0.4, 0.5) is 0 Å². The number of pyridine rings is 1. The summed E-state index contributed by atoms with van der Waals surface area (Å²) in [7, 11) is 0. The number of rotatable bonds is 2. The smallest absolute Gasteiger partial charge is 0.272 e. The Morgan fingerprint density at radius 3 is 2.75 bits per heavy atom. The lowest BCUT2D eigenvalue weighted by Crippen LogP contribution is -2.69. The molecule has 16 heavy (non-hydrogen) atoms. The van der Waals surface area contributed by atoms with Crippen molar-refractivity contribution < 1.29 is 4.79 Å². The van der Waals surface area contributed by atoms with Crippen LogP contribution in [0.2, 0.25) is 0 Å². The standard InChI is InChI=1S/C12H15N3O/c13-12(9-4-5-9)7-15(8-12)11(16)10-3-1-2-6-14-10/h1-3,6,9H,4-5,7-8,13H2. The number of carbonyl (C=O) groups excluding carboxylic acids is 1. The number of nitrogens with zero attached hydrogens (tertiary/aromatic N) is 2. The van der Waals surface area contributed by atoms with Crippen molar-refractivity contribution in [1.29, 1.82) is 0 Å². The third-order valence-electron chi connectivity index (χ3n) is 3.53. The lowest BCUT2D eigenvalue weighted by Gasteiger charge is -2.48. The Morgan fingerprint density at radius 1 is 1.44 bits per heavy atom. The van der Waals surface area contributed by atoms with E-state index in [1.165, 1.54) is 12.8 Å². The minimum absolute atomic E-state index is 0.00215. The zero-order valence-corrected chi connectivity index (χ0v) is 9.10. The molecule has 3 rings (SSSR count). The second-order valence-electron chi connectivity index (χ2n) is 4.88. The van der Waals surface area contributed by atoms with E-state index in [0.29, 0.717) is 24.7 Å². The van der Waals surface area contributed by atoms with E-state index in [2.05, 4.69) is 4.98 Å². The molecule has 0 radical (unpaired) electrons. The van der Waals surface area contributed by atoms with Crippen molar-refractivity contribution in [3.8, 4) is 0 Å². The first-order valence-electron chi connectivity index (χ1n) is 5.68. The van der Waals surface area contributed by atoms with Gasteiger partial charge in [0.05, 0.1) is 5.54 Å². The van der Waals surface area contributed by atoms with Gasteiger partial charge in [-0.15, -0.1) is 0 Å². The molecule has 1 aromatic heterocycles. The van der Waals surface area contributed by atoms with Gasteiger partial charge in [-0.2, -0.15) is 0 Å². The number of nitrogens with two attached hydrogens (primary N) is 1. The topological polar surface area (TPSA) is 59.2 Å². The minimum atomic E-state index is -0.107. The van der Waals surface area contributed by atoms with Gasteiger partial charge in [0.1, 0.15) is 5.69 Å². The van der Waals surface area contributed by atoms with Gasteiger partial charge in [-0.05, 0) is 30.9 Å².